The van der Waals surface area contributed by atoms with Crippen molar-refractivity contribution in [3.63, 3.8) is 0 Å². The number of rotatable bonds is 12. The van der Waals surface area contributed by atoms with Crippen LogP contribution in [0, 0.1) is 0 Å². The molecule has 0 saturated heterocycles. The van der Waals surface area contributed by atoms with Crippen LogP contribution in [-0.2, 0) is 19.6 Å². The number of ether oxygens (including phenoxy) is 1. The van der Waals surface area contributed by atoms with Crippen LogP contribution in [0.4, 0.5) is 0 Å². The Labute approximate surface area is 232 Å². The Hall–Kier alpha value is -4.15. The van der Waals surface area contributed by atoms with E-state index >= 15 is 0 Å². The lowest BCUT2D eigenvalue weighted by Crippen LogP contribution is -2.24. The topological polar surface area (TPSA) is 30.3 Å². The lowest BCUT2D eigenvalue weighted by atomic mass is 10.1. The summed E-state index contributed by atoms with van der Waals surface area (Å²) in [4.78, 5) is 7.76. The number of benzene rings is 4. The molecular weight excluding hydrogens is 478 g/mol. The molecule has 5 aromatic rings. The second kappa shape index (κ2) is 13.1. The number of hydrogen-bond donors (Lipinski definition) is 0. The minimum absolute atomic E-state index is 0.826. The third kappa shape index (κ3) is 6.65. The quantitative estimate of drug-likeness (QED) is 0.166. The minimum Gasteiger partial charge on any atom is -0.457 e. The summed E-state index contributed by atoms with van der Waals surface area (Å²) >= 11 is 0. The number of imidazole rings is 1. The molecule has 0 aliphatic heterocycles. The maximum atomic E-state index is 6.00. The second-order valence-electron chi connectivity index (χ2n) is 9.83. The van der Waals surface area contributed by atoms with Crippen LogP contribution in [-0.4, -0.2) is 21.0 Å². The zero-order valence-electron chi connectivity index (χ0n) is 23.0. The maximum absolute atomic E-state index is 6.00. The van der Waals surface area contributed by atoms with Gasteiger partial charge in [0, 0.05) is 30.8 Å². The van der Waals surface area contributed by atoms with E-state index < -0.39 is 0 Å². The lowest BCUT2D eigenvalue weighted by molar-refractivity contribution is 0.264. The highest BCUT2D eigenvalue weighted by Crippen LogP contribution is 2.31. The van der Waals surface area contributed by atoms with E-state index in [1.165, 1.54) is 16.8 Å². The van der Waals surface area contributed by atoms with Gasteiger partial charge in [-0.3, -0.25) is 4.90 Å². The van der Waals surface area contributed by atoms with E-state index in [2.05, 4.69) is 108 Å². The number of aromatic nitrogens is 2. The third-order valence-electron chi connectivity index (χ3n) is 7.02. The Balaban J connectivity index is 1.44. The van der Waals surface area contributed by atoms with Gasteiger partial charge in [0.15, 0.2) is 0 Å². The first-order valence-corrected chi connectivity index (χ1v) is 14.0. The molecule has 0 N–H and O–H groups in total. The van der Waals surface area contributed by atoms with Crippen molar-refractivity contribution < 1.29 is 4.74 Å². The number of unbranched alkanes of at least 4 members (excludes halogenated alkanes) is 1. The van der Waals surface area contributed by atoms with Gasteiger partial charge in [-0.1, -0.05) is 111 Å². The van der Waals surface area contributed by atoms with E-state index in [0.29, 0.717) is 0 Å². The van der Waals surface area contributed by atoms with Gasteiger partial charge in [0.05, 0.1) is 11.4 Å². The van der Waals surface area contributed by atoms with Gasteiger partial charge in [0.1, 0.15) is 17.3 Å². The van der Waals surface area contributed by atoms with Crippen LogP contribution in [0.3, 0.4) is 0 Å². The van der Waals surface area contributed by atoms with Gasteiger partial charge in [-0.25, -0.2) is 4.98 Å². The molecule has 0 atom stereocenters. The average molecular weight is 516 g/mol. The first kappa shape index (κ1) is 26.5. The fraction of sp³-hybridized carbons (Fsp3) is 0.229. The molecule has 198 valence electrons. The van der Waals surface area contributed by atoms with Crippen LogP contribution >= 0.6 is 0 Å². The molecule has 0 amide bonds. The number of nitrogens with zero attached hydrogens (tertiary/aromatic N) is 3. The van der Waals surface area contributed by atoms with Gasteiger partial charge >= 0.3 is 0 Å². The summed E-state index contributed by atoms with van der Waals surface area (Å²) < 4.78 is 8.46. The second-order valence-corrected chi connectivity index (χ2v) is 9.83. The van der Waals surface area contributed by atoms with Crippen molar-refractivity contribution in [3.05, 3.63) is 127 Å². The molecule has 0 aliphatic carbocycles. The molecule has 1 heterocycles. The average Bonchev–Trinajstić information content (AvgIpc) is 3.35. The van der Waals surface area contributed by atoms with Gasteiger partial charge in [-0.15, -0.1) is 0 Å². The van der Waals surface area contributed by atoms with Gasteiger partial charge < -0.3 is 9.30 Å². The van der Waals surface area contributed by atoms with Crippen molar-refractivity contribution in [2.75, 3.05) is 6.54 Å². The largest absolute Gasteiger partial charge is 0.457 e. The van der Waals surface area contributed by atoms with Crippen LogP contribution < -0.4 is 4.74 Å². The van der Waals surface area contributed by atoms with Crippen molar-refractivity contribution in [1.29, 1.82) is 0 Å². The minimum atomic E-state index is 0.826. The Bertz CT molecular complexity index is 1430. The molecule has 0 spiro atoms. The molecule has 0 radical (unpaired) electrons. The Morgan fingerprint density at radius 2 is 1.26 bits per heavy atom. The van der Waals surface area contributed by atoms with Crippen LogP contribution in [0.5, 0.6) is 11.5 Å². The summed E-state index contributed by atoms with van der Waals surface area (Å²) in [7, 11) is 0. The Kier molecular flexibility index (Phi) is 8.87. The SMILES string of the molecule is CCCCn1c(-c2ccccc2)nc(-c2ccccc2)c1CN(CC)Cc1ccc(Oc2ccccc2)cc1. The molecule has 4 heteroatoms. The molecular formula is C35H37N3O. The molecule has 0 unspecified atom stereocenters. The van der Waals surface area contributed by atoms with E-state index in [0.717, 1.165) is 67.6 Å². The molecule has 39 heavy (non-hydrogen) atoms. The lowest BCUT2D eigenvalue weighted by Gasteiger charge is -2.23. The molecule has 0 bridgehead atoms. The Morgan fingerprint density at radius 1 is 0.667 bits per heavy atom. The highest BCUT2D eigenvalue weighted by atomic mass is 16.5. The fourth-order valence-electron chi connectivity index (χ4n) is 4.88. The van der Waals surface area contributed by atoms with E-state index in [1.54, 1.807) is 0 Å². The van der Waals surface area contributed by atoms with Crippen molar-refractivity contribution in [2.24, 2.45) is 0 Å². The first-order chi connectivity index (χ1) is 19.2. The zero-order chi connectivity index (χ0) is 26.9. The summed E-state index contributed by atoms with van der Waals surface area (Å²) in [5.74, 6) is 2.75. The summed E-state index contributed by atoms with van der Waals surface area (Å²) in [6.45, 7) is 8.07. The summed E-state index contributed by atoms with van der Waals surface area (Å²) in [6, 6.07) is 39.6. The first-order valence-electron chi connectivity index (χ1n) is 14.0. The van der Waals surface area contributed by atoms with Crippen LogP contribution in [0.25, 0.3) is 22.6 Å². The maximum Gasteiger partial charge on any atom is 0.140 e. The predicted molar refractivity (Wildman–Crippen MR) is 161 cm³/mol. The van der Waals surface area contributed by atoms with Crippen LogP contribution in [0.2, 0.25) is 0 Å². The van der Waals surface area contributed by atoms with Crippen LogP contribution in [0.1, 0.15) is 37.9 Å². The molecule has 4 aromatic carbocycles. The van der Waals surface area contributed by atoms with Gasteiger partial charge in [0.25, 0.3) is 0 Å². The van der Waals surface area contributed by atoms with Crippen LogP contribution in [0.15, 0.2) is 115 Å². The van der Waals surface area contributed by atoms with Gasteiger partial charge in [-0.05, 0) is 42.8 Å². The molecule has 1 aromatic heterocycles. The van der Waals surface area contributed by atoms with Crippen molar-refractivity contribution in [3.8, 4) is 34.1 Å². The molecule has 0 fully saturated rings. The Morgan fingerprint density at radius 3 is 1.87 bits per heavy atom. The molecule has 5 rings (SSSR count). The smallest absolute Gasteiger partial charge is 0.140 e. The molecule has 0 saturated carbocycles. The zero-order valence-corrected chi connectivity index (χ0v) is 23.0. The van der Waals surface area contributed by atoms with E-state index in [4.69, 9.17) is 9.72 Å². The van der Waals surface area contributed by atoms with E-state index in [9.17, 15) is 0 Å². The predicted octanol–water partition coefficient (Wildman–Crippen LogP) is 8.83. The van der Waals surface area contributed by atoms with Gasteiger partial charge in [0.2, 0.25) is 0 Å². The fourth-order valence-corrected chi connectivity index (χ4v) is 4.88. The molecule has 4 nitrogen and oxygen atoms in total. The highest BCUT2D eigenvalue weighted by molar-refractivity contribution is 5.68. The van der Waals surface area contributed by atoms with E-state index in [1.807, 2.05) is 30.3 Å². The van der Waals surface area contributed by atoms with Crippen molar-refractivity contribution in [2.45, 2.75) is 46.3 Å². The monoisotopic (exact) mass is 515 g/mol. The summed E-state index contributed by atoms with van der Waals surface area (Å²) in [5.41, 5.74) is 5.95. The number of para-hydroxylation sites is 1. The third-order valence-corrected chi connectivity index (χ3v) is 7.02. The summed E-state index contributed by atoms with van der Waals surface area (Å²) in [6.07, 6.45) is 2.26. The number of hydrogen-bond acceptors (Lipinski definition) is 3. The normalized spacial score (nSPS) is 11.2. The van der Waals surface area contributed by atoms with Gasteiger partial charge in [-0.2, -0.15) is 0 Å². The van der Waals surface area contributed by atoms with Crippen molar-refractivity contribution in [1.82, 2.24) is 14.5 Å². The summed E-state index contributed by atoms with van der Waals surface area (Å²) in [5, 5.41) is 0. The standard InChI is InChI=1S/C35H37N3O/c1-3-5-25-38-33(34(29-15-9-6-10-16-29)36-35(38)30-17-11-7-12-18-30)27-37(4-2)26-28-21-23-32(24-22-28)39-31-19-13-8-14-20-31/h6-24H,3-5,25-27H2,1-2H3. The van der Waals surface area contributed by atoms with Crippen molar-refractivity contribution >= 4 is 0 Å². The highest BCUT2D eigenvalue weighted by Gasteiger charge is 2.21. The van der Waals surface area contributed by atoms with E-state index in [-0.39, 0.29) is 0 Å². The molecule has 0 aliphatic rings.